The van der Waals surface area contributed by atoms with E-state index in [2.05, 4.69) is 24.9 Å². The van der Waals surface area contributed by atoms with Crippen LogP contribution in [0.25, 0.3) is 22.4 Å². The van der Waals surface area contributed by atoms with E-state index in [1.54, 1.807) is 18.5 Å². The number of anilines is 1. The van der Waals surface area contributed by atoms with Gasteiger partial charge in [-0.25, -0.2) is 19.9 Å². The first-order valence-electron chi connectivity index (χ1n) is 12.5. The zero-order chi connectivity index (χ0) is 26.3. The first kappa shape index (κ1) is 24.9. The summed E-state index contributed by atoms with van der Waals surface area (Å²) in [6, 6.07) is 7.39. The van der Waals surface area contributed by atoms with Gasteiger partial charge in [-0.15, -0.1) is 0 Å². The quantitative estimate of drug-likeness (QED) is 0.369. The van der Waals surface area contributed by atoms with Crippen LogP contribution in [0, 0.1) is 12.9 Å². The first-order valence-corrected chi connectivity index (χ1v) is 12.5. The lowest BCUT2D eigenvalue weighted by Gasteiger charge is -2.35. The Balaban J connectivity index is 1.38. The fourth-order valence-corrected chi connectivity index (χ4v) is 5.02. The molecule has 1 saturated heterocycles. The van der Waals surface area contributed by atoms with Crippen molar-refractivity contribution >= 4 is 22.6 Å². The first-order chi connectivity index (χ1) is 17.7. The number of nitrogens with zero attached hydrogens (tertiary/aromatic N) is 8. The summed E-state index contributed by atoms with van der Waals surface area (Å²) >= 11 is 0. The minimum absolute atomic E-state index is 0.104. The lowest BCUT2D eigenvalue weighted by Crippen LogP contribution is -2.50. The summed E-state index contributed by atoms with van der Waals surface area (Å²) in [7, 11) is 3.87. The summed E-state index contributed by atoms with van der Waals surface area (Å²) in [6.07, 6.45) is 5.60. The van der Waals surface area contributed by atoms with E-state index in [1.165, 1.54) is 0 Å². The summed E-state index contributed by atoms with van der Waals surface area (Å²) in [5, 5.41) is 0. The molecule has 0 radical (unpaired) electrons. The van der Waals surface area contributed by atoms with E-state index in [4.69, 9.17) is 0 Å². The van der Waals surface area contributed by atoms with Crippen LogP contribution in [-0.2, 0) is 11.2 Å². The lowest BCUT2D eigenvalue weighted by atomic mass is 10.0. The highest BCUT2D eigenvalue weighted by atomic mass is 19.1. The number of rotatable bonds is 6. The van der Waals surface area contributed by atoms with Gasteiger partial charge in [0.15, 0.2) is 0 Å². The Hall–Kier alpha value is -3.79. The number of amides is 1. The number of pyridine rings is 2. The minimum atomic E-state index is -0.615. The highest BCUT2D eigenvalue weighted by Gasteiger charge is 2.31. The zero-order valence-electron chi connectivity index (χ0n) is 21.8. The van der Waals surface area contributed by atoms with Crippen LogP contribution in [0.5, 0.6) is 0 Å². The molecule has 0 spiro atoms. The number of hydrogen-bond acceptors (Lipinski definition) is 7. The molecule has 4 aromatic heterocycles. The number of halogens is 1. The Morgan fingerprint density at radius 3 is 2.62 bits per heavy atom. The highest BCUT2D eigenvalue weighted by Crippen LogP contribution is 2.27. The zero-order valence-corrected chi connectivity index (χ0v) is 21.8. The highest BCUT2D eigenvalue weighted by molar-refractivity contribution is 5.97. The van der Waals surface area contributed by atoms with Crippen molar-refractivity contribution in [1.82, 2.24) is 34.4 Å². The van der Waals surface area contributed by atoms with Crippen LogP contribution in [0.1, 0.15) is 50.1 Å². The molecule has 1 fully saturated rings. The molecule has 0 aliphatic carbocycles. The molecule has 1 unspecified atom stereocenters. The van der Waals surface area contributed by atoms with Gasteiger partial charge in [0.1, 0.15) is 17.2 Å². The van der Waals surface area contributed by atoms with E-state index >= 15 is 0 Å². The van der Waals surface area contributed by atoms with Gasteiger partial charge in [-0.3, -0.25) is 14.7 Å². The number of aryl methyl sites for hydroxylation is 1. The van der Waals surface area contributed by atoms with E-state index in [0.717, 1.165) is 30.0 Å². The van der Waals surface area contributed by atoms with Crippen molar-refractivity contribution in [3.63, 3.8) is 0 Å². The number of hydrogen-bond donors (Lipinski definition) is 0. The van der Waals surface area contributed by atoms with E-state index in [0.29, 0.717) is 35.7 Å². The number of aromatic nitrogens is 6. The summed E-state index contributed by atoms with van der Waals surface area (Å²) in [6.45, 7) is 6.63. The summed E-state index contributed by atoms with van der Waals surface area (Å²) in [5.74, 6) is 0.781. The molecule has 0 aromatic carbocycles. The van der Waals surface area contributed by atoms with Gasteiger partial charge in [-0.05, 0) is 72.0 Å². The number of likely N-dealkylation sites (N-methyl/N-ethyl adjacent to an activating group) is 1. The molecule has 5 heterocycles. The molecule has 1 atom stereocenters. The van der Waals surface area contributed by atoms with E-state index in [1.807, 2.05) is 67.4 Å². The normalized spacial score (nSPS) is 16.4. The van der Waals surface area contributed by atoms with Crippen molar-refractivity contribution in [2.24, 2.45) is 0 Å². The van der Waals surface area contributed by atoms with Crippen LogP contribution in [-0.4, -0.2) is 67.0 Å². The van der Waals surface area contributed by atoms with Gasteiger partial charge in [-0.2, -0.15) is 4.39 Å². The fraction of sp³-hybridized carbons (Fsp3) is 0.407. The van der Waals surface area contributed by atoms with Crippen molar-refractivity contribution in [1.29, 1.82) is 0 Å². The maximum atomic E-state index is 14.9. The Bertz CT molecular complexity index is 1450. The van der Waals surface area contributed by atoms with Crippen molar-refractivity contribution < 1.29 is 9.18 Å². The average Bonchev–Trinajstić information content (AvgIpc) is 3.21. The van der Waals surface area contributed by atoms with E-state index < -0.39 is 5.95 Å². The largest absolute Gasteiger partial charge is 0.325 e. The Labute approximate surface area is 215 Å². The Kier molecular flexibility index (Phi) is 6.68. The number of carbonyl (C=O) groups excluding carboxylic acids is 1. The summed E-state index contributed by atoms with van der Waals surface area (Å²) < 4.78 is 16.8. The monoisotopic (exact) mass is 502 g/mol. The second kappa shape index (κ2) is 9.93. The molecule has 0 bridgehead atoms. The van der Waals surface area contributed by atoms with Gasteiger partial charge in [-0.1, -0.05) is 0 Å². The average molecular weight is 503 g/mol. The van der Waals surface area contributed by atoms with Crippen LogP contribution in [0.3, 0.4) is 0 Å². The number of carbonyl (C=O) groups is 1. The Morgan fingerprint density at radius 2 is 1.92 bits per heavy atom. The van der Waals surface area contributed by atoms with Crippen LogP contribution in [0.2, 0.25) is 0 Å². The lowest BCUT2D eigenvalue weighted by molar-refractivity contribution is -0.124. The van der Waals surface area contributed by atoms with Crippen LogP contribution in [0.15, 0.2) is 36.7 Å². The molecular formula is C27H31FN8O. The third-order valence-electron chi connectivity index (χ3n) is 6.79. The molecule has 1 aliphatic rings. The molecule has 1 aliphatic heterocycles. The smallest absolute Gasteiger partial charge is 0.244 e. The SMILES string of the molecule is Cc1nc2c(F)nc(-c3ccnc(Cc4ccc(N5CCCC(N(C)C)C5=O)cn4)n3)cc2n1C(C)C. The van der Waals surface area contributed by atoms with Gasteiger partial charge < -0.3 is 9.47 Å². The number of piperidine rings is 1. The molecule has 37 heavy (non-hydrogen) atoms. The van der Waals surface area contributed by atoms with Crippen molar-refractivity contribution in [2.45, 2.75) is 52.1 Å². The molecule has 4 aromatic rings. The second-order valence-electron chi connectivity index (χ2n) is 9.94. The fourth-order valence-electron chi connectivity index (χ4n) is 5.02. The maximum Gasteiger partial charge on any atom is 0.244 e. The Morgan fingerprint density at radius 1 is 1.11 bits per heavy atom. The minimum Gasteiger partial charge on any atom is -0.325 e. The second-order valence-corrected chi connectivity index (χ2v) is 9.94. The third-order valence-corrected chi connectivity index (χ3v) is 6.79. The molecule has 9 nitrogen and oxygen atoms in total. The molecule has 192 valence electrons. The number of imidazole rings is 1. The van der Waals surface area contributed by atoms with Gasteiger partial charge in [0.25, 0.3) is 0 Å². The maximum absolute atomic E-state index is 14.9. The van der Waals surface area contributed by atoms with Gasteiger partial charge in [0.2, 0.25) is 11.9 Å². The summed E-state index contributed by atoms with van der Waals surface area (Å²) in [4.78, 5) is 38.7. The summed E-state index contributed by atoms with van der Waals surface area (Å²) in [5.41, 5.74) is 3.48. The number of fused-ring (bicyclic) bond motifs is 1. The molecule has 1 amide bonds. The van der Waals surface area contributed by atoms with Gasteiger partial charge >= 0.3 is 0 Å². The van der Waals surface area contributed by atoms with Crippen molar-refractivity contribution in [3.8, 4) is 11.4 Å². The third kappa shape index (κ3) is 4.81. The van der Waals surface area contributed by atoms with Gasteiger partial charge in [0, 0.05) is 24.5 Å². The molecule has 0 N–H and O–H groups in total. The van der Waals surface area contributed by atoms with E-state index in [-0.39, 0.29) is 23.5 Å². The molecular weight excluding hydrogens is 471 g/mol. The standard InChI is InChI=1S/C27H31FN8O/c1-16(2)36-17(3)31-25-23(36)14-21(33-26(25)28)20-10-11-29-24(32-20)13-18-8-9-19(15-30-18)35-12-6-7-22(27(35)37)34(4)5/h8-11,14-16,22H,6-7,12-13H2,1-5H3. The molecule has 10 heteroatoms. The van der Waals surface area contributed by atoms with Crippen molar-refractivity contribution in [3.05, 3.63) is 59.9 Å². The van der Waals surface area contributed by atoms with Gasteiger partial charge in [0.05, 0.1) is 41.3 Å². The predicted octanol–water partition coefficient (Wildman–Crippen LogP) is 3.96. The van der Waals surface area contributed by atoms with Crippen LogP contribution in [0.4, 0.5) is 10.1 Å². The topological polar surface area (TPSA) is 92.9 Å². The van der Waals surface area contributed by atoms with Crippen LogP contribution < -0.4 is 4.90 Å². The van der Waals surface area contributed by atoms with E-state index in [9.17, 15) is 9.18 Å². The predicted molar refractivity (Wildman–Crippen MR) is 140 cm³/mol. The van der Waals surface area contributed by atoms with Crippen LogP contribution >= 0.6 is 0 Å². The molecule has 0 saturated carbocycles. The molecule has 5 rings (SSSR count). The van der Waals surface area contributed by atoms with Crippen molar-refractivity contribution in [2.75, 3.05) is 25.5 Å².